The van der Waals surface area contributed by atoms with Gasteiger partial charge < -0.3 is 16.4 Å². The average Bonchev–Trinajstić information content (AvgIpc) is 2.56. The van der Waals surface area contributed by atoms with E-state index in [2.05, 4.69) is 25.6 Å². The van der Waals surface area contributed by atoms with Gasteiger partial charge in [0.1, 0.15) is 0 Å². The van der Waals surface area contributed by atoms with Crippen LogP contribution >= 0.6 is 23.4 Å². The molecule has 126 valence electrons. The van der Waals surface area contributed by atoms with Crippen LogP contribution < -0.4 is 16.4 Å². The second kappa shape index (κ2) is 11.0. The molecule has 0 saturated carbocycles. The molecule has 0 fully saturated rings. The number of likely N-dealkylation sites (N-methyl/N-ethyl adjacent to an activating group) is 1. The lowest BCUT2D eigenvalue weighted by molar-refractivity contribution is 0.809. The maximum atomic E-state index is 5.86. The van der Waals surface area contributed by atoms with Crippen molar-refractivity contribution in [1.82, 2.24) is 20.3 Å². The number of rotatable bonds is 7. The highest BCUT2D eigenvalue weighted by Crippen LogP contribution is 2.21. The zero-order valence-corrected chi connectivity index (χ0v) is 15.2. The molecule has 23 heavy (non-hydrogen) atoms. The summed E-state index contributed by atoms with van der Waals surface area (Å²) < 4.78 is 0. The largest absolute Gasteiger partial charge is 0.368 e. The Morgan fingerprint density at radius 1 is 1.09 bits per heavy atom. The monoisotopic (exact) mass is 354 g/mol. The van der Waals surface area contributed by atoms with Gasteiger partial charge in [0, 0.05) is 23.9 Å². The molecule has 2 rings (SSSR count). The quantitative estimate of drug-likeness (QED) is 0.520. The summed E-state index contributed by atoms with van der Waals surface area (Å²) in [5.41, 5.74) is 6.85. The van der Waals surface area contributed by atoms with Gasteiger partial charge >= 0.3 is 0 Å². The number of aromatic nitrogens is 3. The van der Waals surface area contributed by atoms with Crippen LogP contribution in [0.3, 0.4) is 0 Å². The topological polar surface area (TPSA) is 88.8 Å². The second-order valence-corrected chi connectivity index (χ2v) is 5.62. The van der Waals surface area contributed by atoms with E-state index in [1.165, 1.54) is 11.8 Å². The van der Waals surface area contributed by atoms with Gasteiger partial charge in [0.05, 0.1) is 0 Å². The number of halogens is 1. The van der Waals surface area contributed by atoms with Crippen molar-refractivity contribution in [2.24, 2.45) is 0 Å². The number of thioether (sulfide) groups is 1. The van der Waals surface area contributed by atoms with Crippen LogP contribution in [0.2, 0.25) is 5.02 Å². The molecule has 0 bridgehead atoms. The Morgan fingerprint density at radius 2 is 1.78 bits per heavy atom. The van der Waals surface area contributed by atoms with Crippen LogP contribution in [-0.4, -0.2) is 35.1 Å². The van der Waals surface area contributed by atoms with Gasteiger partial charge in [0.15, 0.2) is 5.16 Å². The molecule has 1 aromatic heterocycles. The van der Waals surface area contributed by atoms with Crippen LogP contribution in [0.5, 0.6) is 0 Å². The number of benzene rings is 1. The maximum absolute atomic E-state index is 5.86. The van der Waals surface area contributed by atoms with E-state index in [0.717, 1.165) is 29.4 Å². The molecule has 1 heterocycles. The maximum Gasteiger partial charge on any atom is 0.228 e. The van der Waals surface area contributed by atoms with Crippen LogP contribution in [0.1, 0.15) is 19.4 Å². The summed E-state index contributed by atoms with van der Waals surface area (Å²) in [6.45, 7) is 5.54. The van der Waals surface area contributed by atoms with Crippen molar-refractivity contribution in [1.29, 1.82) is 0 Å². The first-order valence-corrected chi connectivity index (χ1v) is 8.81. The fourth-order valence-electron chi connectivity index (χ4n) is 1.54. The summed E-state index contributed by atoms with van der Waals surface area (Å²) in [6, 6.07) is 7.69. The van der Waals surface area contributed by atoms with Gasteiger partial charge in [0.2, 0.25) is 11.9 Å². The van der Waals surface area contributed by atoms with Crippen molar-refractivity contribution in [2.45, 2.75) is 24.8 Å². The first-order valence-electron chi connectivity index (χ1n) is 7.44. The molecule has 8 heteroatoms. The molecular weight excluding hydrogens is 332 g/mol. The molecule has 1 aromatic carbocycles. The molecule has 2 aromatic rings. The average molecular weight is 355 g/mol. The normalized spacial score (nSPS) is 9.91. The first kappa shape index (κ1) is 19.5. The molecule has 0 aliphatic heterocycles. The number of nitrogens with zero attached hydrogens (tertiary/aromatic N) is 3. The van der Waals surface area contributed by atoms with Crippen molar-refractivity contribution in [3.05, 3.63) is 34.9 Å². The molecule has 0 atom stereocenters. The van der Waals surface area contributed by atoms with E-state index in [-0.39, 0.29) is 5.95 Å². The molecule has 0 amide bonds. The SMILES string of the molecule is CC.CNCCNc1nc(N)nc(SCc2ccc(Cl)cc2)n1. The Bertz CT molecular complexity index is 579. The number of nitrogen functional groups attached to an aromatic ring is 1. The molecule has 0 aliphatic rings. The highest BCUT2D eigenvalue weighted by Gasteiger charge is 2.05. The molecule has 0 spiro atoms. The fourth-order valence-corrected chi connectivity index (χ4v) is 2.47. The lowest BCUT2D eigenvalue weighted by Gasteiger charge is -2.07. The molecule has 4 N–H and O–H groups in total. The van der Waals surface area contributed by atoms with Crippen molar-refractivity contribution in [2.75, 3.05) is 31.2 Å². The Kier molecular flexibility index (Phi) is 9.35. The number of nitrogens with one attached hydrogen (secondary N) is 2. The van der Waals surface area contributed by atoms with Crippen LogP contribution in [0, 0.1) is 0 Å². The minimum Gasteiger partial charge on any atom is -0.368 e. The zero-order valence-electron chi connectivity index (χ0n) is 13.6. The highest BCUT2D eigenvalue weighted by atomic mass is 35.5. The Morgan fingerprint density at radius 3 is 2.43 bits per heavy atom. The van der Waals surface area contributed by atoms with Crippen molar-refractivity contribution >= 4 is 35.3 Å². The van der Waals surface area contributed by atoms with Crippen LogP contribution in [0.15, 0.2) is 29.4 Å². The Balaban J connectivity index is 0.00000127. The minimum absolute atomic E-state index is 0.218. The molecule has 0 saturated heterocycles. The lowest BCUT2D eigenvalue weighted by Crippen LogP contribution is -2.19. The van der Waals surface area contributed by atoms with Crippen LogP contribution in [-0.2, 0) is 5.75 Å². The minimum atomic E-state index is 0.218. The highest BCUT2D eigenvalue weighted by molar-refractivity contribution is 7.98. The van der Waals surface area contributed by atoms with Crippen LogP contribution in [0.25, 0.3) is 0 Å². The second-order valence-electron chi connectivity index (χ2n) is 4.25. The summed E-state index contributed by atoms with van der Waals surface area (Å²) >= 11 is 7.37. The third-order valence-electron chi connectivity index (χ3n) is 2.57. The number of nitrogens with two attached hydrogens (primary N) is 1. The first-order chi connectivity index (χ1) is 11.2. The summed E-state index contributed by atoms with van der Waals surface area (Å²) in [5.74, 6) is 1.46. The predicted molar refractivity (Wildman–Crippen MR) is 99.0 cm³/mol. The lowest BCUT2D eigenvalue weighted by atomic mass is 10.2. The molecule has 6 nitrogen and oxygen atoms in total. The number of hydrogen-bond donors (Lipinski definition) is 3. The molecular formula is C15H23ClN6S. The van der Waals surface area contributed by atoms with Gasteiger partial charge in [-0.2, -0.15) is 15.0 Å². The van der Waals surface area contributed by atoms with E-state index >= 15 is 0 Å². The van der Waals surface area contributed by atoms with Crippen LogP contribution in [0.4, 0.5) is 11.9 Å². The van der Waals surface area contributed by atoms with E-state index in [1.54, 1.807) is 0 Å². The number of anilines is 2. The summed E-state index contributed by atoms with van der Waals surface area (Å²) in [6.07, 6.45) is 0. The molecule has 0 aliphatic carbocycles. The zero-order chi connectivity index (χ0) is 17.1. The smallest absolute Gasteiger partial charge is 0.228 e. The molecule has 0 radical (unpaired) electrons. The fraction of sp³-hybridized carbons (Fsp3) is 0.400. The summed E-state index contributed by atoms with van der Waals surface area (Å²) in [4.78, 5) is 12.5. The summed E-state index contributed by atoms with van der Waals surface area (Å²) in [5, 5.41) is 7.46. The van der Waals surface area contributed by atoms with Crippen molar-refractivity contribution in [3.63, 3.8) is 0 Å². The Hall–Kier alpha value is -1.57. The third-order valence-corrected chi connectivity index (χ3v) is 3.74. The van der Waals surface area contributed by atoms with E-state index < -0.39 is 0 Å². The van der Waals surface area contributed by atoms with Gasteiger partial charge in [-0.05, 0) is 24.7 Å². The standard InChI is InChI=1S/C13H17ClN6S.C2H6/c1-16-6-7-17-12-18-11(15)19-13(20-12)21-8-9-2-4-10(14)5-3-9;1-2/h2-5,16H,6-8H2,1H3,(H3,15,17,18,19,20);1-2H3. The van der Waals surface area contributed by atoms with Crippen molar-refractivity contribution in [3.8, 4) is 0 Å². The predicted octanol–water partition coefficient (Wildman–Crippen LogP) is 3.06. The van der Waals surface area contributed by atoms with Gasteiger partial charge in [-0.15, -0.1) is 0 Å². The van der Waals surface area contributed by atoms with E-state index in [0.29, 0.717) is 11.1 Å². The third kappa shape index (κ3) is 7.49. The van der Waals surface area contributed by atoms with E-state index in [4.69, 9.17) is 17.3 Å². The number of hydrogen-bond acceptors (Lipinski definition) is 7. The van der Waals surface area contributed by atoms with E-state index in [1.807, 2.05) is 45.2 Å². The van der Waals surface area contributed by atoms with Gasteiger partial charge in [-0.3, -0.25) is 0 Å². The summed E-state index contributed by atoms with van der Waals surface area (Å²) in [7, 11) is 1.89. The van der Waals surface area contributed by atoms with Crippen molar-refractivity contribution < 1.29 is 0 Å². The Labute approximate surface area is 146 Å². The van der Waals surface area contributed by atoms with Gasteiger partial charge in [-0.1, -0.05) is 49.3 Å². The van der Waals surface area contributed by atoms with Gasteiger partial charge in [-0.25, -0.2) is 0 Å². The van der Waals surface area contributed by atoms with Gasteiger partial charge in [0.25, 0.3) is 0 Å². The van der Waals surface area contributed by atoms with E-state index in [9.17, 15) is 0 Å². The molecule has 0 unspecified atom stereocenters.